The maximum Gasteiger partial charge on any atom is 0.307 e. The zero-order valence-electron chi connectivity index (χ0n) is 8.16. The number of benzene rings is 1. The van der Waals surface area contributed by atoms with Crippen molar-refractivity contribution in [2.45, 2.75) is 12.8 Å². The van der Waals surface area contributed by atoms with E-state index >= 15 is 0 Å². The molecule has 0 fully saturated rings. The van der Waals surface area contributed by atoms with Crippen molar-refractivity contribution in [3.05, 3.63) is 35.4 Å². The summed E-state index contributed by atoms with van der Waals surface area (Å²) in [7, 11) is 0. The van der Waals surface area contributed by atoms with Gasteiger partial charge in [0.25, 0.3) is 0 Å². The lowest BCUT2D eigenvalue weighted by molar-refractivity contribution is -0.136. The van der Waals surface area contributed by atoms with Gasteiger partial charge in [-0.3, -0.25) is 4.79 Å². The van der Waals surface area contributed by atoms with Gasteiger partial charge in [-0.15, -0.1) is 0 Å². The minimum absolute atomic E-state index is 0.0496. The monoisotopic (exact) mass is 266 g/mol. The van der Waals surface area contributed by atoms with Gasteiger partial charge in [-0.25, -0.2) is 0 Å². The van der Waals surface area contributed by atoms with Gasteiger partial charge in [0.05, 0.1) is 6.42 Å². The Morgan fingerprint density at radius 3 is 2.93 bits per heavy atom. The smallest absolute Gasteiger partial charge is 0.307 e. The summed E-state index contributed by atoms with van der Waals surface area (Å²) in [6.45, 7) is 0. The van der Waals surface area contributed by atoms with E-state index in [0.717, 1.165) is 22.9 Å². The van der Waals surface area contributed by atoms with Crippen LogP contribution < -0.4 is 0 Å². The predicted octanol–water partition coefficient (Wildman–Crippen LogP) is 2.45. The second-order valence-electron chi connectivity index (χ2n) is 3.01. The van der Waals surface area contributed by atoms with Gasteiger partial charge in [-0.1, -0.05) is 39.9 Å². The molecule has 1 rings (SSSR count). The molecule has 0 aliphatic rings. The summed E-state index contributed by atoms with van der Waals surface area (Å²) in [5, 5.41) is 9.49. The lowest BCUT2D eigenvalue weighted by Crippen LogP contribution is -1.99. The maximum atomic E-state index is 10.5. The molecule has 0 saturated heterocycles. The van der Waals surface area contributed by atoms with Gasteiger partial charge in [-0.2, -0.15) is 0 Å². The van der Waals surface area contributed by atoms with Crippen molar-refractivity contribution in [2.24, 2.45) is 0 Å². The molecule has 0 aliphatic carbocycles. The second kappa shape index (κ2) is 6.26. The van der Waals surface area contributed by atoms with Crippen molar-refractivity contribution in [1.29, 1.82) is 0 Å². The van der Waals surface area contributed by atoms with E-state index in [2.05, 4.69) is 27.8 Å². The number of rotatable bonds is 3. The van der Waals surface area contributed by atoms with Crippen molar-refractivity contribution < 1.29 is 9.90 Å². The van der Waals surface area contributed by atoms with Gasteiger partial charge in [0.1, 0.15) is 0 Å². The summed E-state index contributed by atoms with van der Waals surface area (Å²) in [6, 6.07) is 7.32. The average molecular weight is 267 g/mol. The Morgan fingerprint density at radius 1 is 1.47 bits per heavy atom. The lowest BCUT2D eigenvalue weighted by Gasteiger charge is -1.97. The van der Waals surface area contributed by atoms with Crippen LogP contribution in [0.5, 0.6) is 0 Å². The molecule has 2 nitrogen and oxygen atoms in total. The first-order valence-corrected chi connectivity index (χ1v) is 5.70. The molecule has 1 aromatic carbocycles. The van der Waals surface area contributed by atoms with Crippen molar-refractivity contribution >= 4 is 21.9 Å². The average Bonchev–Trinajstić information content (AvgIpc) is 2.18. The van der Waals surface area contributed by atoms with Crippen molar-refractivity contribution in [1.82, 2.24) is 0 Å². The number of carboxylic acids is 1. The molecule has 3 heteroatoms. The van der Waals surface area contributed by atoms with Gasteiger partial charge in [0.15, 0.2) is 0 Å². The Bertz CT molecular complexity index is 402. The summed E-state index contributed by atoms with van der Waals surface area (Å²) >= 11 is 3.29. The third-order valence-corrected chi connectivity index (χ3v) is 2.13. The fourth-order valence-electron chi connectivity index (χ4n) is 1.15. The van der Waals surface area contributed by atoms with Crippen LogP contribution in [0.25, 0.3) is 0 Å². The van der Waals surface area contributed by atoms with Crippen LogP contribution in [0.3, 0.4) is 0 Å². The van der Waals surface area contributed by atoms with Crippen molar-refractivity contribution in [3.8, 4) is 11.8 Å². The topological polar surface area (TPSA) is 37.3 Å². The van der Waals surface area contributed by atoms with Gasteiger partial charge < -0.3 is 5.11 Å². The Hall–Kier alpha value is -1.27. The van der Waals surface area contributed by atoms with E-state index in [1.807, 2.05) is 18.2 Å². The molecule has 0 spiro atoms. The summed E-state index contributed by atoms with van der Waals surface area (Å²) in [5.74, 6) is 5.15. The summed E-state index contributed by atoms with van der Waals surface area (Å²) in [5.41, 5.74) is 1.66. The Balaban J connectivity index is 2.75. The molecule has 0 unspecified atom stereocenters. The Labute approximate surface area is 97.4 Å². The number of alkyl halides is 1. The van der Waals surface area contributed by atoms with Crippen LogP contribution in [0.4, 0.5) is 0 Å². The number of hydrogen-bond donors (Lipinski definition) is 1. The third-order valence-electron chi connectivity index (χ3n) is 1.73. The molecular formula is C12H11BrO2. The number of aliphatic carboxylic acids is 1. The molecule has 15 heavy (non-hydrogen) atoms. The van der Waals surface area contributed by atoms with E-state index in [1.54, 1.807) is 6.07 Å². The molecule has 0 atom stereocenters. The molecule has 0 bridgehead atoms. The van der Waals surface area contributed by atoms with Crippen LogP contribution in [-0.2, 0) is 11.2 Å². The fraction of sp³-hybridized carbons (Fsp3) is 0.250. The molecule has 78 valence electrons. The first kappa shape index (κ1) is 11.8. The zero-order valence-corrected chi connectivity index (χ0v) is 9.75. The van der Waals surface area contributed by atoms with Gasteiger partial charge in [-0.05, 0) is 17.7 Å². The first-order valence-electron chi connectivity index (χ1n) is 4.58. The fourth-order valence-corrected chi connectivity index (χ4v) is 1.34. The second-order valence-corrected chi connectivity index (χ2v) is 3.80. The van der Waals surface area contributed by atoms with Gasteiger partial charge >= 0.3 is 5.97 Å². The molecule has 0 aromatic heterocycles. The normalized spacial score (nSPS) is 9.13. The third kappa shape index (κ3) is 4.66. The molecule has 1 aromatic rings. The molecule has 0 saturated carbocycles. The van der Waals surface area contributed by atoms with Crippen molar-refractivity contribution in [3.63, 3.8) is 0 Å². The van der Waals surface area contributed by atoms with Gasteiger partial charge in [0, 0.05) is 17.3 Å². The summed E-state index contributed by atoms with van der Waals surface area (Å²) in [4.78, 5) is 10.5. The highest BCUT2D eigenvalue weighted by Gasteiger charge is 1.99. The largest absolute Gasteiger partial charge is 0.481 e. The standard InChI is InChI=1S/C12H11BrO2/c13-7-2-1-4-10-5-3-6-11(8-10)9-12(14)15/h3,5-6,8H,2,7,9H2,(H,14,15). The highest BCUT2D eigenvalue weighted by atomic mass is 79.9. The number of hydrogen-bond acceptors (Lipinski definition) is 1. The van der Waals surface area contributed by atoms with Crippen LogP contribution in [0.15, 0.2) is 24.3 Å². The minimum atomic E-state index is -0.819. The van der Waals surface area contributed by atoms with Crippen LogP contribution in [0.2, 0.25) is 0 Å². The number of carboxylic acid groups (broad SMARTS) is 1. The van der Waals surface area contributed by atoms with Crippen LogP contribution >= 0.6 is 15.9 Å². The van der Waals surface area contributed by atoms with E-state index in [0.29, 0.717) is 0 Å². The van der Waals surface area contributed by atoms with E-state index in [-0.39, 0.29) is 6.42 Å². The molecular weight excluding hydrogens is 256 g/mol. The molecule has 0 radical (unpaired) electrons. The maximum absolute atomic E-state index is 10.5. The lowest BCUT2D eigenvalue weighted by atomic mass is 10.1. The molecule has 1 N–H and O–H groups in total. The van der Waals surface area contributed by atoms with E-state index in [4.69, 9.17) is 5.11 Å². The van der Waals surface area contributed by atoms with Crippen LogP contribution in [0, 0.1) is 11.8 Å². The Kier molecular flexibility index (Phi) is 4.92. The van der Waals surface area contributed by atoms with Crippen molar-refractivity contribution in [2.75, 3.05) is 5.33 Å². The highest BCUT2D eigenvalue weighted by Crippen LogP contribution is 2.05. The summed E-state index contributed by atoms with van der Waals surface area (Å²) in [6.07, 6.45) is 0.844. The highest BCUT2D eigenvalue weighted by molar-refractivity contribution is 9.09. The number of carbonyl (C=O) groups is 1. The summed E-state index contributed by atoms with van der Waals surface area (Å²) < 4.78 is 0. The van der Waals surface area contributed by atoms with Crippen LogP contribution in [0.1, 0.15) is 17.5 Å². The Morgan fingerprint density at radius 2 is 2.27 bits per heavy atom. The molecule has 0 heterocycles. The number of halogens is 1. The van der Waals surface area contributed by atoms with E-state index in [9.17, 15) is 4.79 Å². The zero-order chi connectivity index (χ0) is 11.1. The quantitative estimate of drug-likeness (QED) is 0.674. The van der Waals surface area contributed by atoms with E-state index < -0.39 is 5.97 Å². The molecule has 0 amide bonds. The van der Waals surface area contributed by atoms with Crippen LogP contribution in [-0.4, -0.2) is 16.4 Å². The minimum Gasteiger partial charge on any atom is -0.481 e. The first-order chi connectivity index (χ1) is 7.22. The SMILES string of the molecule is O=C(O)Cc1cccc(C#CCCBr)c1. The van der Waals surface area contributed by atoms with E-state index in [1.165, 1.54) is 0 Å². The van der Waals surface area contributed by atoms with Gasteiger partial charge in [0.2, 0.25) is 0 Å². The molecule has 0 aliphatic heterocycles. The predicted molar refractivity (Wildman–Crippen MR) is 63.1 cm³/mol.